The van der Waals surface area contributed by atoms with E-state index < -0.39 is 10.0 Å². The van der Waals surface area contributed by atoms with Gasteiger partial charge in [0.2, 0.25) is 10.0 Å². The number of nitrogens with zero attached hydrogens (tertiary/aromatic N) is 7. The minimum absolute atomic E-state index is 0.220. The third-order valence-electron chi connectivity index (χ3n) is 4.24. The zero-order valence-electron chi connectivity index (χ0n) is 13.9. The van der Waals surface area contributed by atoms with Crippen LogP contribution in [0.5, 0.6) is 0 Å². The molecule has 0 radical (unpaired) electrons. The molecule has 0 aromatic carbocycles. The van der Waals surface area contributed by atoms with Gasteiger partial charge in [-0.15, -0.1) is 10.2 Å². The van der Waals surface area contributed by atoms with Crippen LogP contribution in [0.15, 0.2) is 60.3 Å². The number of sulfonamides is 1. The van der Waals surface area contributed by atoms with Gasteiger partial charge in [0.05, 0.1) is 0 Å². The Kier molecular flexibility index (Phi) is 4.35. The molecule has 1 aliphatic heterocycles. The van der Waals surface area contributed by atoms with Gasteiger partial charge in [-0.2, -0.15) is 4.31 Å². The fourth-order valence-corrected chi connectivity index (χ4v) is 4.21. The highest BCUT2D eigenvalue weighted by Gasteiger charge is 2.29. The molecule has 3 aromatic heterocycles. The van der Waals surface area contributed by atoms with Gasteiger partial charge in [-0.3, -0.25) is 9.55 Å². The van der Waals surface area contributed by atoms with E-state index in [0.717, 1.165) is 5.82 Å². The highest BCUT2D eigenvalue weighted by Crippen LogP contribution is 2.19. The summed E-state index contributed by atoms with van der Waals surface area (Å²) in [6.45, 7) is 1.89. The van der Waals surface area contributed by atoms with Gasteiger partial charge in [-0.25, -0.2) is 13.4 Å². The smallest absolute Gasteiger partial charge is 0.244 e. The average molecular weight is 371 g/mol. The number of imidazole rings is 1. The number of pyridine rings is 1. The van der Waals surface area contributed by atoms with Crippen LogP contribution < -0.4 is 4.90 Å². The molecular weight excluding hydrogens is 354 g/mol. The van der Waals surface area contributed by atoms with E-state index in [1.807, 2.05) is 17.0 Å². The van der Waals surface area contributed by atoms with E-state index >= 15 is 0 Å². The minimum Gasteiger partial charge on any atom is -0.352 e. The van der Waals surface area contributed by atoms with Crippen molar-refractivity contribution >= 4 is 15.8 Å². The lowest BCUT2D eigenvalue weighted by Gasteiger charge is -2.34. The first-order valence-corrected chi connectivity index (χ1v) is 9.56. The van der Waals surface area contributed by atoms with Crippen molar-refractivity contribution in [2.75, 3.05) is 31.1 Å². The molecule has 0 aliphatic carbocycles. The standard InChI is InChI=1S/C16H17N7O2S/c24-26(25,14-2-1-5-17-12-14)23-10-8-21(9-11-23)15-3-4-16(20-19-15)22-7-6-18-13-22/h1-7,12-13H,8-11H2. The number of anilines is 1. The van der Waals surface area contributed by atoms with Crippen molar-refractivity contribution in [3.63, 3.8) is 0 Å². The zero-order chi connectivity index (χ0) is 18.0. The zero-order valence-corrected chi connectivity index (χ0v) is 14.7. The molecule has 0 bridgehead atoms. The van der Waals surface area contributed by atoms with Crippen molar-refractivity contribution < 1.29 is 8.42 Å². The van der Waals surface area contributed by atoms with Gasteiger partial charge >= 0.3 is 0 Å². The van der Waals surface area contributed by atoms with Gasteiger partial charge in [0.1, 0.15) is 11.2 Å². The summed E-state index contributed by atoms with van der Waals surface area (Å²) in [4.78, 5) is 10.1. The molecule has 0 amide bonds. The van der Waals surface area contributed by atoms with E-state index in [1.165, 1.54) is 10.5 Å². The lowest BCUT2D eigenvalue weighted by molar-refractivity contribution is 0.383. The molecule has 134 valence electrons. The van der Waals surface area contributed by atoms with Gasteiger partial charge in [0, 0.05) is 51.0 Å². The normalized spacial score (nSPS) is 15.9. The van der Waals surface area contributed by atoms with E-state index in [0.29, 0.717) is 32.0 Å². The fraction of sp³-hybridized carbons (Fsp3) is 0.250. The van der Waals surface area contributed by atoms with Crippen molar-refractivity contribution in [1.29, 1.82) is 0 Å². The second kappa shape index (κ2) is 6.81. The van der Waals surface area contributed by atoms with Crippen LogP contribution >= 0.6 is 0 Å². The number of hydrogen-bond acceptors (Lipinski definition) is 7. The van der Waals surface area contributed by atoms with Crippen LogP contribution in [0.4, 0.5) is 5.82 Å². The summed E-state index contributed by atoms with van der Waals surface area (Å²) in [5.74, 6) is 1.41. The lowest BCUT2D eigenvalue weighted by Crippen LogP contribution is -2.49. The topological polar surface area (TPSA) is 97.1 Å². The van der Waals surface area contributed by atoms with Crippen LogP contribution in [0, 0.1) is 0 Å². The maximum Gasteiger partial charge on any atom is 0.244 e. The van der Waals surface area contributed by atoms with E-state index in [2.05, 4.69) is 20.2 Å². The Hall–Kier alpha value is -2.85. The van der Waals surface area contributed by atoms with Crippen molar-refractivity contribution in [2.24, 2.45) is 0 Å². The van der Waals surface area contributed by atoms with Crippen LogP contribution in [0.3, 0.4) is 0 Å². The molecule has 0 atom stereocenters. The van der Waals surface area contributed by atoms with Crippen LogP contribution in [-0.4, -0.2) is 63.6 Å². The number of rotatable bonds is 4. The minimum atomic E-state index is -3.51. The fourth-order valence-electron chi connectivity index (χ4n) is 2.83. The van der Waals surface area contributed by atoms with Gasteiger partial charge in [-0.1, -0.05) is 0 Å². The SMILES string of the molecule is O=S(=O)(c1cccnc1)N1CCN(c2ccc(-n3ccnc3)nn2)CC1. The molecule has 1 fully saturated rings. The Morgan fingerprint density at radius 2 is 1.65 bits per heavy atom. The molecule has 3 aromatic rings. The van der Waals surface area contributed by atoms with E-state index in [1.54, 1.807) is 41.6 Å². The van der Waals surface area contributed by atoms with E-state index in [-0.39, 0.29) is 4.90 Å². The van der Waals surface area contributed by atoms with Crippen molar-refractivity contribution in [1.82, 2.24) is 29.0 Å². The first-order valence-electron chi connectivity index (χ1n) is 8.12. The molecule has 4 rings (SSSR count). The molecule has 1 saturated heterocycles. The first-order chi connectivity index (χ1) is 12.6. The number of aromatic nitrogens is 5. The highest BCUT2D eigenvalue weighted by atomic mass is 32.2. The largest absolute Gasteiger partial charge is 0.352 e. The molecule has 0 N–H and O–H groups in total. The summed E-state index contributed by atoms with van der Waals surface area (Å²) in [6, 6.07) is 6.94. The van der Waals surface area contributed by atoms with Gasteiger partial charge in [-0.05, 0) is 24.3 Å². The molecule has 1 aliphatic rings. The van der Waals surface area contributed by atoms with Gasteiger partial charge in [0.25, 0.3) is 0 Å². The van der Waals surface area contributed by atoms with E-state index in [4.69, 9.17) is 0 Å². The van der Waals surface area contributed by atoms with Crippen molar-refractivity contribution in [2.45, 2.75) is 4.90 Å². The molecule has 9 nitrogen and oxygen atoms in total. The monoisotopic (exact) mass is 371 g/mol. The molecular formula is C16H17N7O2S. The van der Waals surface area contributed by atoms with Crippen LogP contribution in [0.2, 0.25) is 0 Å². The maximum absolute atomic E-state index is 12.6. The number of hydrogen-bond donors (Lipinski definition) is 0. The molecule has 26 heavy (non-hydrogen) atoms. The Labute approximate surface area is 151 Å². The predicted molar refractivity (Wildman–Crippen MR) is 94.4 cm³/mol. The second-order valence-electron chi connectivity index (χ2n) is 5.80. The van der Waals surface area contributed by atoms with Crippen LogP contribution in [0.25, 0.3) is 5.82 Å². The van der Waals surface area contributed by atoms with Crippen LogP contribution in [0.1, 0.15) is 0 Å². The van der Waals surface area contributed by atoms with Gasteiger partial charge in [0.15, 0.2) is 11.6 Å². The van der Waals surface area contributed by atoms with Crippen LogP contribution in [-0.2, 0) is 10.0 Å². The van der Waals surface area contributed by atoms with Crippen molar-refractivity contribution in [3.8, 4) is 5.82 Å². The Morgan fingerprint density at radius 3 is 2.27 bits per heavy atom. The summed E-state index contributed by atoms with van der Waals surface area (Å²) in [5.41, 5.74) is 0. The highest BCUT2D eigenvalue weighted by molar-refractivity contribution is 7.89. The van der Waals surface area contributed by atoms with Gasteiger partial charge < -0.3 is 4.90 Å². The summed E-state index contributed by atoms with van der Waals surface area (Å²) in [5, 5.41) is 8.46. The third kappa shape index (κ3) is 3.16. The summed E-state index contributed by atoms with van der Waals surface area (Å²) < 4.78 is 28.5. The van der Waals surface area contributed by atoms with E-state index in [9.17, 15) is 8.42 Å². The first kappa shape index (κ1) is 16.6. The lowest BCUT2D eigenvalue weighted by atomic mass is 10.3. The predicted octanol–water partition coefficient (Wildman–Crippen LogP) is 0.568. The molecule has 0 spiro atoms. The molecule has 0 unspecified atom stereocenters. The molecule has 10 heteroatoms. The number of piperazine rings is 1. The quantitative estimate of drug-likeness (QED) is 0.661. The third-order valence-corrected chi connectivity index (χ3v) is 6.12. The summed E-state index contributed by atoms with van der Waals surface area (Å²) >= 11 is 0. The summed E-state index contributed by atoms with van der Waals surface area (Å²) in [6.07, 6.45) is 8.07. The average Bonchev–Trinajstić information content (AvgIpc) is 3.24. The molecule has 4 heterocycles. The Bertz CT molecular complexity index is 952. The second-order valence-corrected chi connectivity index (χ2v) is 7.74. The van der Waals surface area contributed by atoms with Crippen molar-refractivity contribution in [3.05, 3.63) is 55.4 Å². The Balaban J connectivity index is 1.44. The maximum atomic E-state index is 12.6. The summed E-state index contributed by atoms with van der Waals surface area (Å²) in [7, 11) is -3.51. The Morgan fingerprint density at radius 1 is 0.885 bits per heavy atom. The molecule has 0 saturated carbocycles.